The second-order valence-electron chi connectivity index (χ2n) is 3.83. The topological polar surface area (TPSA) is 52.4 Å². The summed E-state index contributed by atoms with van der Waals surface area (Å²) in [6, 6.07) is 8.58. The van der Waals surface area contributed by atoms with Crippen LogP contribution in [0.4, 0.5) is 10.1 Å². The van der Waals surface area contributed by atoms with Gasteiger partial charge in [0.2, 0.25) is 0 Å². The van der Waals surface area contributed by atoms with Crippen LogP contribution in [0.5, 0.6) is 11.5 Å². The summed E-state index contributed by atoms with van der Waals surface area (Å²) >= 11 is 6.39. The van der Waals surface area contributed by atoms with Crippen LogP contribution in [0.2, 0.25) is 0 Å². The number of benzene rings is 2. The highest BCUT2D eigenvalue weighted by atomic mass is 79.9. The molecule has 2 rings (SSSR count). The highest BCUT2D eigenvalue weighted by Gasteiger charge is 2.17. The van der Waals surface area contributed by atoms with Gasteiger partial charge in [0.25, 0.3) is 5.69 Å². The van der Waals surface area contributed by atoms with E-state index in [1.54, 1.807) is 6.07 Å². The van der Waals surface area contributed by atoms with Crippen LogP contribution < -0.4 is 4.74 Å². The molecule has 0 heterocycles. The average Bonchev–Trinajstić information content (AvgIpc) is 2.42. The molecule has 7 heteroatoms. The molecule has 0 unspecified atom stereocenters. The van der Waals surface area contributed by atoms with Crippen molar-refractivity contribution in [1.82, 2.24) is 0 Å². The monoisotopic (exact) mass is 403 g/mol. The van der Waals surface area contributed by atoms with Gasteiger partial charge in [0.05, 0.1) is 4.92 Å². The minimum atomic E-state index is -0.507. The van der Waals surface area contributed by atoms with E-state index < -0.39 is 4.92 Å². The van der Waals surface area contributed by atoms with Crippen LogP contribution in [0.3, 0.4) is 0 Å². The van der Waals surface area contributed by atoms with Gasteiger partial charge in [-0.1, -0.05) is 22.0 Å². The van der Waals surface area contributed by atoms with Gasteiger partial charge < -0.3 is 4.74 Å². The Morgan fingerprint density at radius 2 is 2.00 bits per heavy atom. The molecule has 0 atom stereocenters. The molecule has 0 aliphatic carbocycles. The number of alkyl halides is 1. The minimum Gasteiger partial charge on any atom is -0.456 e. The van der Waals surface area contributed by atoms with E-state index in [1.807, 2.05) is 0 Å². The van der Waals surface area contributed by atoms with E-state index in [0.29, 0.717) is 22.4 Å². The molecule has 0 aliphatic rings. The van der Waals surface area contributed by atoms with Crippen LogP contribution in [0.1, 0.15) is 5.56 Å². The molecule has 0 saturated heterocycles. The average molecular weight is 405 g/mol. The maximum atomic E-state index is 13.1. The van der Waals surface area contributed by atoms with E-state index in [4.69, 9.17) is 4.74 Å². The van der Waals surface area contributed by atoms with Gasteiger partial charge in [-0.3, -0.25) is 10.1 Å². The van der Waals surface area contributed by atoms with Gasteiger partial charge >= 0.3 is 0 Å². The fraction of sp³-hybridized carbons (Fsp3) is 0.0769. The molecule has 0 N–H and O–H groups in total. The van der Waals surface area contributed by atoms with Crippen molar-refractivity contribution in [3.8, 4) is 11.5 Å². The summed E-state index contributed by atoms with van der Waals surface area (Å²) in [7, 11) is 0. The van der Waals surface area contributed by atoms with Gasteiger partial charge in [0.1, 0.15) is 21.8 Å². The largest absolute Gasteiger partial charge is 0.456 e. The van der Waals surface area contributed by atoms with E-state index in [1.165, 1.54) is 30.3 Å². The van der Waals surface area contributed by atoms with E-state index in [0.717, 1.165) is 0 Å². The van der Waals surface area contributed by atoms with Crippen LogP contribution in [-0.4, -0.2) is 4.92 Å². The number of nitro groups is 1. The normalized spacial score (nSPS) is 10.3. The maximum absolute atomic E-state index is 13.1. The lowest BCUT2D eigenvalue weighted by Gasteiger charge is -2.11. The second kappa shape index (κ2) is 6.32. The Labute approximate surface area is 131 Å². The van der Waals surface area contributed by atoms with Crippen molar-refractivity contribution in [2.75, 3.05) is 0 Å². The Bertz CT molecular complexity index is 664. The number of nitro benzene ring substituents is 1. The SMILES string of the molecule is O=[N+]([O-])c1cccc(Oc2ccc(F)cc2CBr)c1Br. The summed E-state index contributed by atoms with van der Waals surface area (Å²) in [6.45, 7) is 0. The Kier molecular flexibility index (Phi) is 4.72. The van der Waals surface area contributed by atoms with E-state index in [9.17, 15) is 14.5 Å². The molecular weight excluding hydrogens is 397 g/mol. The Morgan fingerprint density at radius 3 is 2.65 bits per heavy atom. The molecule has 0 saturated carbocycles. The molecule has 0 amide bonds. The summed E-state index contributed by atoms with van der Waals surface area (Å²) in [5, 5.41) is 11.3. The first kappa shape index (κ1) is 14.9. The zero-order chi connectivity index (χ0) is 14.7. The minimum absolute atomic E-state index is 0.0926. The van der Waals surface area contributed by atoms with E-state index >= 15 is 0 Å². The third kappa shape index (κ3) is 3.16. The second-order valence-corrected chi connectivity index (χ2v) is 5.19. The highest BCUT2D eigenvalue weighted by molar-refractivity contribution is 9.10. The predicted molar refractivity (Wildman–Crippen MR) is 79.9 cm³/mol. The van der Waals surface area contributed by atoms with Gasteiger partial charge in [-0.15, -0.1) is 0 Å². The van der Waals surface area contributed by atoms with Crippen LogP contribution in [0.15, 0.2) is 40.9 Å². The lowest BCUT2D eigenvalue weighted by molar-refractivity contribution is -0.385. The van der Waals surface area contributed by atoms with Gasteiger partial charge in [0, 0.05) is 17.0 Å². The van der Waals surface area contributed by atoms with Crippen molar-refractivity contribution in [3.05, 3.63) is 62.4 Å². The number of halogens is 3. The quantitative estimate of drug-likeness (QED) is 0.400. The Balaban J connectivity index is 2.40. The molecule has 2 aromatic carbocycles. The number of hydrogen-bond donors (Lipinski definition) is 0. The molecule has 20 heavy (non-hydrogen) atoms. The summed E-state index contributed by atoms with van der Waals surface area (Å²) in [6.07, 6.45) is 0. The zero-order valence-electron chi connectivity index (χ0n) is 9.98. The number of ether oxygens (including phenoxy) is 1. The fourth-order valence-corrected chi connectivity index (χ4v) is 2.52. The first-order valence-electron chi connectivity index (χ1n) is 5.48. The molecule has 0 bridgehead atoms. The summed E-state index contributed by atoms with van der Waals surface area (Å²) in [4.78, 5) is 10.4. The van der Waals surface area contributed by atoms with Gasteiger partial charge in [0.15, 0.2) is 0 Å². The fourth-order valence-electron chi connectivity index (χ4n) is 1.59. The molecule has 2 aromatic rings. The molecule has 0 radical (unpaired) electrons. The Morgan fingerprint density at radius 1 is 1.25 bits per heavy atom. The van der Waals surface area contributed by atoms with Crippen molar-refractivity contribution in [2.24, 2.45) is 0 Å². The molecule has 0 fully saturated rings. The van der Waals surface area contributed by atoms with Gasteiger partial charge in [-0.25, -0.2) is 4.39 Å². The standard InChI is InChI=1S/C13H8Br2FNO3/c14-7-8-6-9(16)4-5-11(8)20-12-3-1-2-10(13(12)15)17(18)19/h1-6H,7H2. The molecule has 0 aliphatic heterocycles. The van der Waals surface area contributed by atoms with E-state index in [2.05, 4.69) is 31.9 Å². The lowest BCUT2D eigenvalue weighted by Crippen LogP contribution is -1.94. The van der Waals surface area contributed by atoms with Crippen molar-refractivity contribution in [2.45, 2.75) is 5.33 Å². The number of nitrogens with zero attached hydrogens (tertiary/aromatic N) is 1. The highest BCUT2D eigenvalue weighted by Crippen LogP contribution is 2.37. The zero-order valence-corrected chi connectivity index (χ0v) is 13.1. The van der Waals surface area contributed by atoms with Gasteiger partial charge in [-0.2, -0.15) is 0 Å². The third-order valence-electron chi connectivity index (χ3n) is 2.53. The van der Waals surface area contributed by atoms with Crippen molar-refractivity contribution in [1.29, 1.82) is 0 Å². The third-order valence-corrected chi connectivity index (χ3v) is 3.93. The molecule has 0 aromatic heterocycles. The van der Waals surface area contributed by atoms with Crippen LogP contribution in [0, 0.1) is 15.9 Å². The van der Waals surface area contributed by atoms with Crippen LogP contribution >= 0.6 is 31.9 Å². The van der Waals surface area contributed by atoms with Crippen molar-refractivity contribution < 1.29 is 14.1 Å². The van der Waals surface area contributed by atoms with Crippen molar-refractivity contribution in [3.63, 3.8) is 0 Å². The molecule has 4 nitrogen and oxygen atoms in total. The first-order chi connectivity index (χ1) is 9.52. The molecule has 104 valence electrons. The lowest BCUT2D eigenvalue weighted by atomic mass is 10.2. The van der Waals surface area contributed by atoms with Crippen molar-refractivity contribution >= 4 is 37.5 Å². The number of rotatable bonds is 4. The first-order valence-corrected chi connectivity index (χ1v) is 7.39. The summed E-state index contributed by atoms with van der Waals surface area (Å²) in [5.41, 5.74) is 0.522. The Hall–Kier alpha value is -1.47. The molecular formula is C13H8Br2FNO3. The van der Waals surface area contributed by atoms with Crippen LogP contribution in [-0.2, 0) is 5.33 Å². The summed E-state index contributed by atoms with van der Waals surface area (Å²) in [5.74, 6) is 0.363. The smallest absolute Gasteiger partial charge is 0.287 e. The van der Waals surface area contributed by atoms with Gasteiger partial charge in [-0.05, 0) is 40.2 Å². The predicted octanol–water partition coefficient (Wildman–Crippen LogP) is 5.18. The number of hydrogen-bond acceptors (Lipinski definition) is 3. The maximum Gasteiger partial charge on any atom is 0.287 e. The summed E-state index contributed by atoms with van der Waals surface area (Å²) < 4.78 is 19.0. The van der Waals surface area contributed by atoms with Crippen LogP contribution in [0.25, 0.3) is 0 Å². The molecule has 0 spiro atoms. The van der Waals surface area contributed by atoms with E-state index in [-0.39, 0.29) is 16.0 Å².